The molecule has 0 radical (unpaired) electrons. The lowest BCUT2D eigenvalue weighted by Crippen LogP contribution is -2.23. The first kappa shape index (κ1) is 11.5. The Kier molecular flexibility index (Phi) is 4.38. The Labute approximate surface area is 91.9 Å². The fraction of sp³-hybridized carbons (Fsp3) is 0.400. The van der Waals surface area contributed by atoms with Crippen molar-refractivity contribution in [1.29, 1.82) is 0 Å². The highest BCUT2D eigenvalue weighted by molar-refractivity contribution is 9.10. The topological polar surface area (TPSA) is 52.5 Å². The molecule has 1 rings (SSSR count). The highest BCUT2D eigenvalue weighted by atomic mass is 79.9. The van der Waals surface area contributed by atoms with E-state index in [-0.39, 0.29) is 6.61 Å². The number of halogens is 1. The van der Waals surface area contributed by atoms with E-state index >= 15 is 0 Å². The van der Waals surface area contributed by atoms with Gasteiger partial charge < -0.3 is 15.5 Å². The zero-order chi connectivity index (χ0) is 10.6. The molecule has 1 atom stereocenters. The summed E-state index contributed by atoms with van der Waals surface area (Å²) in [5.41, 5.74) is 2.08. The van der Waals surface area contributed by atoms with Gasteiger partial charge in [-0.25, -0.2) is 0 Å². The molecule has 3 nitrogen and oxygen atoms in total. The molecule has 0 fully saturated rings. The summed E-state index contributed by atoms with van der Waals surface area (Å²) in [7, 11) is 0. The Morgan fingerprint density at radius 1 is 1.50 bits per heavy atom. The number of anilines is 1. The number of benzene rings is 1. The summed E-state index contributed by atoms with van der Waals surface area (Å²) in [5.74, 6) is 0. The maximum Gasteiger partial charge on any atom is 0.0942 e. The van der Waals surface area contributed by atoms with Crippen LogP contribution in [0.15, 0.2) is 22.7 Å². The molecule has 0 saturated carbocycles. The summed E-state index contributed by atoms with van der Waals surface area (Å²) >= 11 is 3.40. The number of aliphatic hydroxyl groups excluding tert-OH is 2. The van der Waals surface area contributed by atoms with Gasteiger partial charge in [-0.2, -0.15) is 0 Å². The van der Waals surface area contributed by atoms with E-state index in [1.165, 1.54) is 0 Å². The van der Waals surface area contributed by atoms with E-state index in [4.69, 9.17) is 10.2 Å². The van der Waals surface area contributed by atoms with Crippen molar-refractivity contribution in [3.8, 4) is 0 Å². The van der Waals surface area contributed by atoms with Crippen molar-refractivity contribution in [2.24, 2.45) is 0 Å². The second kappa shape index (κ2) is 5.34. The number of nitrogens with one attached hydrogen (secondary N) is 1. The molecule has 0 saturated heterocycles. The summed E-state index contributed by atoms with van der Waals surface area (Å²) in [5, 5.41) is 20.8. The minimum atomic E-state index is -0.720. The van der Waals surface area contributed by atoms with Crippen LogP contribution in [0.2, 0.25) is 0 Å². The molecule has 0 bridgehead atoms. The predicted molar refractivity (Wildman–Crippen MR) is 60.5 cm³/mol. The van der Waals surface area contributed by atoms with Gasteiger partial charge in [-0.05, 0) is 40.5 Å². The van der Waals surface area contributed by atoms with Crippen LogP contribution in [0.5, 0.6) is 0 Å². The van der Waals surface area contributed by atoms with E-state index in [1.54, 1.807) is 0 Å². The van der Waals surface area contributed by atoms with Crippen LogP contribution in [-0.4, -0.2) is 29.5 Å². The Bertz CT molecular complexity index is 304. The van der Waals surface area contributed by atoms with E-state index in [9.17, 15) is 0 Å². The van der Waals surface area contributed by atoms with Crippen LogP contribution in [0.1, 0.15) is 5.56 Å². The molecule has 0 aromatic heterocycles. The monoisotopic (exact) mass is 259 g/mol. The van der Waals surface area contributed by atoms with Crippen molar-refractivity contribution in [3.05, 3.63) is 28.2 Å². The SMILES string of the molecule is Cc1ccc(Br)c(NC[C@H](O)CO)c1. The van der Waals surface area contributed by atoms with E-state index in [0.717, 1.165) is 15.7 Å². The zero-order valence-electron chi connectivity index (χ0n) is 8.00. The predicted octanol–water partition coefficient (Wildman–Crippen LogP) is 1.52. The average molecular weight is 260 g/mol. The van der Waals surface area contributed by atoms with E-state index in [1.807, 2.05) is 25.1 Å². The molecule has 14 heavy (non-hydrogen) atoms. The Balaban J connectivity index is 2.62. The third-order valence-corrected chi connectivity index (χ3v) is 2.55. The largest absolute Gasteiger partial charge is 0.394 e. The molecule has 3 N–H and O–H groups in total. The number of hydrogen-bond donors (Lipinski definition) is 3. The molecule has 1 aromatic rings. The summed E-state index contributed by atoms with van der Waals surface area (Å²) in [6.45, 7) is 2.12. The standard InChI is InChI=1S/C10H14BrNO2/c1-7-2-3-9(11)10(4-7)12-5-8(14)6-13/h2-4,8,12-14H,5-6H2,1H3/t8-/m0/s1. The van der Waals surface area contributed by atoms with Crippen molar-refractivity contribution < 1.29 is 10.2 Å². The Hall–Kier alpha value is -0.580. The third-order valence-electron chi connectivity index (χ3n) is 1.86. The van der Waals surface area contributed by atoms with Gasteiger partial charge in [0.2, 0.25) is 0 Å². The first-order chi connectivity index (χ1) is 6.63. The molecule has 0 unspecified atom stereocenters. The maximum atomic E-state index is 9.15. The Morgan fingerprint density at radius 2 is 2.21 bits per heavy atom. The molecule has 78 valence electrons. The molecule has 0 amide bonds. The average Bonchev–Trinajstić information content (AvgIpc) is 2.19. The quantitative estimate of drug-likeness (QED) is 0.769. The van der Waals surface area contributed by atoms with Gasteiger partial charge in [0.15, 0.2) is 0 Å². The van der Waals surface area contributed by atoms with Crippen LogP contribution in [0.3, 0.4) is 0 Å². The van der Waals surface area contributed by atoms with Gasteiger partial charge in [-0.3, -0.25) is 0 Å². The molecular formula is C10H14BrNO2. The van der Waals surface area contributed by atoms with Crippen LogP contribution >= 0.6 is 15.9 Å². The molecule has 4 heteroatoms. The van der Waals surface area contributed by atoms with Crippen molar-refractivity contribution in [2.45, 2.75) is 13.0 Å². The van der Waals surface area contributed by atoms with Gasteiger partial charge in [0.25, 0.3) is 0 Å². The molecule has 0 aliphatic carbocycles. The fourth-order valence-electron chi connectivity index (χ4n) is 1.07. The van der Waals surface area contributed by atoms with E-state index < -0.39 is 6.10 Å². The summed E-state index contributed by atoms with van der Waals surface area (Å²) in [6, 6.07) is 5.93. The van der Waals surface area contributed by atoms with Crippen LogP contribution in [0, 0.1) is 6.92 Å². The van der Waals surface area contributed by atoms with E-state index in [2.05, 4.69) is 21.2 Å². The van der Waals surface area contributed by atoms with Crippen LogP contribution in [-0.2, 0) is 0 Å². The summed E-state index contributed by atoms with van der Waals surface area (Å²) in [4.78, 5) is 0. The molecule has 0 aliphatic heterocycles. The number of aliphatic hydroxyl groups is 2. The highest BCUT2D eigenvalue weighted by Gasteiger charge is 2.03. The first-order valence-corrected chi connectivity index (χ1v) is 5.21. The van der Waals surface area contributed by atoms with Crippen LogP contribution in [0.25, 0.3) is 0 Å². The normalized spacial score (nSPS) is 12.6. The number of hydrogen-bond acceptors (Lipinski definition) is 3. The van der Waals surface area contributed by atoms with Crippen molar-refractivity contribution in [2.75, 3.05) is 18.5 Å². The van der Waals surface area contributed by atoms with Gasteiger partial charge in [0.05, 0.1) is 12.7 Å². The lowest BCUT2D eigenvalue weighted by Gasteiger charge is -2.12. The van der Waals surface area contributed by atoms with Crippen molar-refractivity contribution in [1.82, 2.24) is 0 Å². The lowest BCUT2D eigenvalue weighted by molar-refractivity contribution is 0.105. The molecular weight excluding hydrogens is 246 g/mol. The minimum absolute atomic E-state index is 0.226. The summed E-state index contributed by atoms with van der Waals surface area (Å²) < 4.78 is 0.952. The Morgan fingerprint density at radius 3 is 2.86 bits per heavy atom. The minimum Gasteiger partial charge on any atom is -0.394 e. The highest BCUT2D eigenvalue weighted by Crippen LogP contribution is 2.23. The second-order valence-corrected chi connectivity index (χ2v) is 4.05. The van der Waals surface area contributed by atoms with Crippen molar-refractivity contribution in [3.63, 3.8) is 0 Å². The van der Waals surface area contributed by atoms with Gasteiger partial charge in [0.1, 0.15) is 0 Å². The first-order valence-electron chi connectivity index (χ1n) is 4.42. The van der Waals surface area contributed by atoms with Gasteiger partial charge in [0, 0.05) is 16.7 Å². The molecule has 0 heterocycles. The maximum absolute atomic E-state index is 9.15. The van der Waals surface area contributed by atoms with Gasteiger partial charge in [-0.15, -0.1) is 0 Å². The molecule has 0 aliphatic rings. The number of aryl methyl sites for hydroxylation is 1. The number of rotatable bonds is 4. The second-order valence-electron chi connectivity index (χ2n) is 3.20. The third kappa shape index (κ3) is 3.29. The van der Waals surface area contributed by atoms with Crippen LogP contribution < -0.4 is 5.32 Å². The molecule has 1 aromatic carbocycles. The van der Waals surface area contributed by atoms with Gasteiger partial charge in [-0.1, -0.05) is 6.07 Å². The van der Waals surface area contributed by atoms with Gasteiger partial charge >= 0.3 is 0 Å². The molecule has 0 spiro atoms. The lowest BCUT2D eigenvalue weighted by atomic mass is 10.2. The summed E-state index contributed by atoms with van der Waals surface area (Å²) in [6.07, 6.45) is -0.720. The smallest absolute Gasteiger partial charge is 0.0942 e. The van der Waals surface area contributed by atoms with Crippen LogP contribution in [0.4, 0.5) is 5.69 Å². The van der Waals surface area contributed by atoms with Crippen molar-refractivity contribution >= 4 is 21.6 Å². The zero-order valence-corrected chi connectivity index (χ0v) is 9.58. The fourth-order valence-corrected chi connectivity index (χ4v) is 1.45. The van der Waals surface area contributed by atoms with E-state index in [0.29, 0.717) is 6.54 Å².